The van der Waals surface area contributed by atoms with Crippen LogP contribution in [0.2, 0.25) is 0 Å². The molecule has 0 saturated carbocycles. The van der Waals surface area contributed by atoms with Gasteiger partial charge in [-0.2, -0.15) is 0 Å². The Kier molecular flexibility index (Phi) is 29.6. The van der Waals surface area contributed by atoms with E-state index in [2.05, 4.69) is 134 Å². The van der Waals surface area contributed by atoms with E-state index in [0.29, 0.717) is 0 Å². The maximum Gasteiger partial charge on any atom is 0.0524 e. The number of aryl methyl sites for hydroxylation is 5. The Morgan fingerprint density at radius 2 is 0.750 bits per heavy atom. The third kappa shape index (κ3) is 20.8. The molecule has 0 aliphatic rings. The minimum Gasteiger partial charge on any atom is -0.139 e. The Labute approximate surface area is 454 Å². The predicted molar refractivity (Wildman–Crippen MR) is 325 cm³/mol. The molecule has 384 valence electrons. The van der Waals surface area contributed by atoms with Gasteiger partial charge in [0, 0.05) is 39.3 Å². The van der Waals surface area contributed by atoms with Crippen molar-refractivity contribution in [2.75, 3.05) is 0 Å². The lowest BCUT2D eigenvalue weighted by Crippen LogP contribution is -1.93. The summed E-state index contributed by atoms with van der Waals surface area (Å²) in [5.41, 5.74) is 33.7. The number of thiophene rings is 4. The fourth-order valence-electron chi connectivity index (χ4n) is 10.2. The van der Waals surface area contributed by atoms with Crippen LogP contribution in [0.15, 0.2) is 88.2 Å². The van der Waals surface area contributed by atoms with Crippen LogP contribution in [0.4, 0.5) is 0 Å². The van der Waals surface area contributed by atoms with Crippen LogP contribution >= 0.6 is 45.3 Å². The highest BCUT2D eigenvalue weighted by molar-refractivity contribution is 7.28. The van der Waals surface area contributed by atoms with Gasteiger partial charge in [0.15, 0.2) is 0 Å². The first-order chi connectivity index (χ1) is 35.5. The highest BCUT2D eigenvalue weighted by atomic mass is 32.1. The van der Waals surface area contributed by atoms with Crippen molar-refractivity contribution in [1.29, 1.82) is 0 Å². The molecule has 0 atom stereocenters. The fraction of sp³-hybridized carbons (Fsp3) is 0.559. The Morgan fingerprint density at radius 1 is 0.389 bits per heavy atom. The van der Waals surface area contributed by atoms with Crippen molar-refractivity contribution in [2.24, 2.45) is 0 Å². The molecule has 0 bridgehead atoms. The van der Waals surface area contributed by atoms with Crippen LogP contribution in [-0.2, 0) is 19.3 Å². The Morgan fingerprint density at radius 3 is 1.19 bits per heavy atom. The maximum absolute atomic E-state index is 3.47. The lowest BCUT2D eigenvalue weighted by molar-refractivity contribution is 0.556. The van der Waals surface area contributed by atoms with E-state index >= 15 is 0 Å². The Hall–Kier alpha value is -3.92. The highest BCUT2D eigenvalue weighted by Crippen LogP contribution is 2.50. The van der Waals surface area contributed by atoms with Gasteiger partial charge in [0.25, 0.3) is 0 Å². The summed E-state index contributed by atoms with van der Waals surface area (Å²) in [6.45, 7) is 15.0. The van der Waals surface area contributed by atoms with Gasteiger partial charge in [-0.15, -0.1) is 45.3 Å². The first kappa shape index (κ1) is 59.0. The van der Waals surface area contributed by atoms with Crippen LogP contribution in [0.1, 0.15) is 245 Å². The fourth-order valence-corrected chi connectivity index (χ4v) is 15.1. The normalized spacial score (nSPS) is 10.8. The van der Waals surface area contributed by atoms with Crippen molar-refractivity contribution in [3.05, 3.63) is 120 Å². The molecule has 0 saturated heterocycles. The maximum atomic E-state index is 3.47. The third-order valence-corrected chi connectivity index (χ3v) is 19.0. The first-order valence-corrected chi connectivity index (χ1v) is 32.1. The second-order valence-electron chi connectivity index (χ2n) is 20.3. The second-order valence-corrected chi connectivity index (χ2v) is 24.9. The smallest absolute Gasteiger partial charge is 0.0524 e. The SMILES string of the molecule is C=C=C=C=C=C=C=C=C=C=C=Cc1cc(C)sc1-c1cc2c(CCCCCCCCCCCC)c3sc(-c4sc(C)cc4CCCCCCCCCCCC)cc3c(CCCCCCCCCCCC)c2s1. The van der Waals surface area contributed by atoms with Crippen molar-refractivity contribution < 1.29 is 0 Å². The summed E-state index contributed by atoms with van der Waals surface area (Å²) in [5.74, 6) is 0. The lowest BCUT2D eigenvalue weighted by atomic mass is 9.94. The highest BCUT2D eigenvalue weighted by Gasteiger charge is 2.23. The Bertz CT molecular complexity index is 2700. The summed E-state index contributed by atoms with van der Waals surface area (Å²) in [6, 6.07) is 10.1. The van der Waals surface area contributed by atoms with E-state index in [-0.39, 0.29) is 0 Å². The van der Waals surface area contributed by atoms with Crippen molar-refractivity contribution in [1.82, 2.24) is 0 Å². The van der Waals surface area contributed by atoms with Crippen molar-refractivity contribution in [3.63, 3.8) is 0 Å². The van der Waals surface area contributed by atoms with E-state index in [1.54, 1.807) is 31.7 Å². The number of hydrogen-bond acceptors (Lipinski definition) is 4. The van der Waals surface area contributed by atoms with Gasteiger partial charge in [0.05, 0.1) is 4.88 Å². The van der Waals surface area contributed by atoms with Gasteiger partial charge in [-0.05, 0) is 163 Å². The van der Waals surface area contributed by atoms with E-state index in [1.807, 2.05) is 40.1 Å². The van der Waals surface area contributed by atoms with Gasteiger partial charge < -0.3 is 0 Å². The molecule has 0 radical (unpaired) electrons. The van der Waals surface area contributed by atoms with E-state index < -0.39 is 0 Å². The average molecular weight is 1030 g/mol. The van der Waals surface area contributed by atoms with E-state index in [9.17, 15) is 0 Å². The summed E-state index contributed by atoms with van der Waals surface area (Å²) in [7, 11) is 0. The van der Waals surface area contributed by atoms with E-state index in [1.165, 1.54) is 239 Å². The zero-order chi connectivity index (χ0) is 50.9. The standard InChI is InChI=1S/C68H88S4/c1-7-11-15-19-23-27-31-35-39-43-47-57-51-55(5)69-65(57)63-53-61-59(49-45-41-37-33-29-25-21-17-13-9-3)68-62(60(67(61)71-63)50-46-42-38-34-30-26-22-18-14-10-4)54-64(72-68)66-58(52-56(6)70-66)48-44-40-36-32-28-24-20-16-12-8-2/h47,51-54H,1,8-10,12-14,16-18,20-22,24-26,28-30,32-34,36-38,40-42,44-46,48-50H2,2-6H3. The van der Waals surface area contributed by atoms with E-state index in [4.69, 9.17) is 0 Å². The molecule has 0 fully saturated rings. The van der Waals surface area contributed by atoms with Gasteiger partial charge in [-0.25, -0.2) is 0 Å². The second kappa shape index (κ2) is 36.1. The quantitative estimate of drug-likeness (QED) is 0.0277. The van der Waals surface area contributed by atoms with Crippen molar-refractivity contribution in [2.45, 2.75) is 247 Å². The molecule has 1 aromatic carbocycles. The third-order valence-electron chi connectivity index (χ3n) is 14.1. The van der Waals surface area contributed by atoms with Gasteiger partial charge in [-0.3, -0.25) is 0 Å². The van der Waals surface area contributed by atoms with Crippen LogP contribution < -0.4 is 0 Å². The van der Waals surface area contributed by atoms with Gasteiger partial charge in [0.1, 0.15) is 0 Å². The average Bonchev–Trinajstić information content (AvgIpc) is 4.19. The summed E-state index contributed by atoms with van der Waals surface area (Å²) in [6.07, 6.45) is 46.6. The topological polar surface area (TPSA) is 0 Å². The molecule has 0 nitrogen and oxygen atoms in total. The van der Waals surface area contributed by atoms with Gasteiger partial charge >= 0.3 is 0 Å². The monoisotopic (exact) mass is 1030 g/mol. The number of unbranched alkanes of at least 4 members (excludes halogenated alkanes) is 27. The number of fused-ring (bicyclic) bond motifs is 2. The Balaban J connectivity index is 1.50. The lowest BCUT2D eigenvalue weighted by Gasteiger charge is -2.12. The number of benzene rings is 1. The summed E-state index contributed by atoms with van der Waals surface area (Å²) >= 11 is 8.11. The van der Waals surface area contributed by atoms with Crippen LogP contribution in [0, 0.1) is 13.8 Å². The van der Waals surface area contributed by atoms with Crippen molar-refractivity contribution in [3.8, 4) is 19.5 Å². The molecule has 4 heteroatoms. The summed E-state index contributed by atoms with van der Waals surface area (Å²) in [5, 5.41) is 3.06. The van der Waals surface area contributed by atoms with Crippen molar-refractivity contribution >= 4 is 71.6 Å². The van der Waals surface area contributed by atoms with Crippen LogP contribution in [0.5, 0.6) is 0 Å². The molecule has 0 aliphatic heterocycles. The zero-order valence-corrected chi connectivity index (χ0v) is 48.8. The summed E-state index contributed by atoms with van der Waals surface area (Å²) in [4.78, 5) is 8.50. The molecule has 0 N–H and O–H groups in total. The zero-order valence-electron chi connectivity index (χ0n) is 45.6. The van der Waals surface area contributed by atoms with Crippen LogP contribution in [0.3, 0.4) is 0 Å². The number of rotatable bonds is 36. The molecule has 0 aliphatic carbocycles. The molecule has 72 heavy (non-hydrogen) atoms. The van der Waals surface area contributed by atoms with E-state index in [0.717, 1.165) is 12.8 Å². The predicted octanol–water partition coefficient (Wildman–Crippen LogP) is 23.8. The molecule has 0 unspecified atom stereocenters. The van der Waals surface area contributed by atoms with Crippen LogP contribution in [0.25, 0.3) is 45.8 Å². The molecule has 5 rings (SSSR count). The molecule has 4 aromatic heterocycles. The number of hydrogen-bond donors (Lipinski definition) is 0. The molecule has 5 aromatic rings. The molecule has 0 amide bonds. The molecule has 0 spiro atoms. The molecular formula is C68H88S4. The minimum absolute atomic E-state index is 1.15. The minimum atomic E-state index is 1.15. The molecule has 4 heterocycles. The molecular weight excluding hydrogens is 945 g/mol. The summed E-state index contributed by atoms with van der Waals surface area (Å²) < 4.78 is 3.10. The first-order valence-electron chi connectivity index (χ1n) is 28.8. The van der Waals surface area contributed by atoms with Gasteiger partial charge in [0.2, 0.25) is 0 Å². The van der Waals surface area contributed by atoms with Crippen LogP contribution in [-0.4, -0.2) is 0 Å². The van der Waals surface area contributed by atoms with Gasteiger partial charge in [-0.1, -0.05) is 206 Å². The largest absolute Gasteiger partial charge is 0.139 e.